The highest BCUT2D eigenvalue weighted by atomic mass is 16.4. The number of tetrazole rings is 1. The molecule has 14 heavy (non-hydrogen) atoms. The van der Waals surface area contributed by atoms with Crippen LogP contribution in [0.15, 0.2) is 0 Å². The van der Waals surface area contributed by atoms with E-state index in [-0.39, 0.29) is 12.5 Å². The molecule has 0 spiro atoms. The largest absolute Gasteiger partial charge is 0.480 e. The van der Waals surface area contributed by atoms with Crippen LogP contribution < -0.4 is 0 Å². The number of rotatable bonds is 5. The molecule has 0 bridgehead atoms. The molecule has 0 fully saturated rings. The van der Waals surface area contributed by atoms with Crippen molar-refractivity contribution in [1.29, 1.82) is 0 Å². The minimum Gasteiger partial charge on any atom is -0.480 e. The lowest BCUT2D eigenvalue weighted by atomic mass is 10.1. The Labute approximate surface area is 81.9 Å². The third-order valence-electron chi connectivity index (χ3n) is 2.01. The van der Waals surface area contributed by atoms with Crippen molar-refractivity contribution >= 4 is 5.97 Å². The van der Waals surface area contributed by atoms with E-state index >= 15 is 0 Å². The lowest BCUT2D eigenvalue weighted by molar-refractivity contribution is -0.138. The number of carboxylic acid groups (broad SMARTS) is 1. The molecule has 6 heteroatoms. The molecule has 1 rings (SSSR count). The van der Waals surface area contributed by atoms with Crippen LogP contribution in [0.3, 0.4) is 0 Å². The maximum absolute atomic E-state index is 10.5. The van der Waals surface area contributed by atoms with Gasteiger partial charge in [0.2, 0.25) is 0 Å². The Bertz CT molecular complexity index is 310. The van der Waals surface area contributed by atoms with Crippen molar-refractivity contribution in [3.05, 3.63) is 5.82 Å². The van der Waals surface area contributed by atoms with Crippen molar-refractivity contribution in [1.82, 2.24) is 20.2 Å². The molecule has 1 aromatic rings. The van der Waals surface area contributed by atoms with Gasteiger partial charge in [-0.3, -0.25) is 4.79 Å². The monoisotopic (exact) mass is 198 g/mol. The summed E-state index contributed by atoms with van der Waals surface area (Å²) in [6, 6.07) is 0. The predicted octanol–water partition coefficient (Wildman–Crippen LogP) is 0.661. The Morgan fingerprint density at radius 2 is 2.36 bits per heavy atom. The van der Waals surface area contributed by atoms with Gasteiger partial charge in [-0.05, 0) is 16.8 Å². The molecule has 1 atom stereocenters. The first kappa shape index (κ1) is 10.6. The van der Waals surface area contributed by atoms with E-state index in [4.69, 9.17) is 5.11 Å². The Kier molecular flexibility index (Phi) is 3.55. The minimum atomic E-state index is -0.928. The van der Waals surface area contributed by atoms with Gasteiger partial charge >= 0.3 is 5.97 Å². The van der Waals surface area contributed by atoms with Crippen LogP contribution in [0.5, 0.6) is 0 Å². The van der Waals surface area contributed by atoms with Crippen molar-refractivity contribution in [2.24, 2.45) is 0 Å². The van der Waals surface area contributed by atoms with Crippen LogP contribution in [0, 0.1) is 0 Å². The number of nitrogens with zero attached hydrogens (tertiary/aromatic N) is 4. The molecule has 6 nitrogen and oxygen atoms in total. The smallest absolute Gasteiger partial charge is 0.325 e. The van der Waals surface area contributed by atoms with E-state index in [1.807, 2.05) is 6.92 Å². The first-order valence-electron chi connectivity index (χ1n) is 4.63. The van der Waals surface area contributed by atoms with Gasteiger partial charge in [-0.15, -0.1) is 5.10 Å². The van der Waals surface area contributed by atoms with E-state index < -0.39 is 5.97 Å². The van der Waals surface area contributed by atoms with Gasteiger partial charge in [-0.25, -0.2) is 4.68 Å². The fraction of sp³-hybridized carbons (Fsp3) is 0.750. The summed E-state index contributed by atoms with van der Waals surface area (Å²) in [7, 11) is 0. The second-order valence-electron chi connectivity index (χ2n) is 3.28. The summed E-state index contributed by atoms with van der Waals surface area (Å²) in [5.41, 5.74) is 0. The highest BCUT2D eigenvalue weighted by Crippen LogP contribution is 2.16. The number of carboxylic acids is 1. The molecule has 0 aromatic carbocycles. The summed E-state index contributed by atoms with van der Waals surface area (Å²) in [4.78, 5) is 10.5. The molecule has 0 saturated carbocycles. The van der Waals surface area contributed by atoms with E-state index in [1.54, 1.807) is 0 Å². The van der Waals surface area contributed by atoms with Crippen LogP contribution >= 0.6 is 0 Å². The van der Waals surface area contributed by atoms with E-state index in [0.29, 0.717) is 5.82 Å². The normalized spacial score (nSPS) is 12.7. The van der Waals surface area contributed by atoms with Crippen LogP contribution in [0.2, 0.25) is 0 Å². The van der Waals surface area contributed by atoms with Gasteiger partial charge in [-0.1, -0.05) is 20.3 Å². The van der Waals surface area contributed by atoms with Gasteiger partial charge in [0, 0.05) is 5.92 Å². The zero-order valence-corrected chi connectivity index (χ0v) is 8.34. The summed E-state index contributed by atoms with van der Waals surface area (Å²) in [5.74, 6) is -0.0779. The van der Waals surface area contributed by atoms with Gasteiger partial charge in [0.15, 0.2) is 5.82 Å². The number of carbonyl (C=O) groups is 1. The summed E-state index contributed by atoms with van der Waals surface area (Å²) in [6.45, 7) is 3.89. The van der Waals surface area contributed by atoms with Crippen molar-refractivity contribution in [2.45, 2.75) is 39.2 Å². The van der Waals surface area contributed by atoms with Crippen LogP contribution in [0.4, 0.5) is 0 Å². The van der Waals surface area contributed by atoms with E-state index in [2.05, 4.69) is 22.4 Å². The quantitative estimate of drug-likeness (QED) is 0.751. The number of aliphatic carboxylic acids is 1. The number of hydrogen-bond donors (Lipinski definition) is 1. The summed E-state index contributed by atoms with van der Waals surface area (Å²) in [6.07, 6.45) is 1.99. The minimum absolute atomic E-state index is 0.170. The molecule has 0 aliphatic heterocycles. The van der Waals surface area contributed by atoms with Gasteiger partial charge in [-0.2, -0.15) is 0 Å². The zero-order valence-electron chi connectivity index (χ0n) is 8.34. The molecule has 0 aliphatic carbocycles. The highest BCUT2D eigenvalue weighted by Gasteiger charge is 2.15. The van der Waals surface area contributed by atoms with Crippen LogP contribution in [0.1, 0.15) is 38.4 Å². The summed E-state index contributed by atoms with van der Waals surface area (Å²) < 4.78 is 1.34. The third-order valence-corrected chi connectivity index (χ3v) is 2.01. The van der Waals surface area contributed by atoms with Crippen molar-refractivity contribution in [2.75, 3.05) is 0 Å². The first-order valence-corrected chi connectivity index (χ1v) is 4.63. The van der Waals surface area contributed by atoms with Gasteiger partial charge in [0.1, 0.15) is 6.54 Å². The molecule has 0 radical (unpaired) electrons. The Balaban J connectivity index is 2.75. The highest BCUT2D eigenvalue weighted by molar-refractivity contribution is 5.66. The first-order chi connectivity index (χ1) is 6.65. The second-order valence-corrected chi connectivity index (χ2v) is 3.28. The van der Waals surface area contributed by atoms with Crippen molar-refractivity contribution in [3.63, 3.8) is 0 Å². The third kappa shape index (κ3) is 2.51. The molecular weight excluding hydrogens is 184 g/mol. The van der Waals surface area contributed by atoms with Gasteiger partial charge in [0.25, 0.3) is 0 Å². The predicted molar refractivity (Wildman–Crippen MR) is 48.8 cm³/mol. The molecule has 1 N–H and O–H groups in total. The van der Waals surface area contributed by atoms with Crippen molar-refractivity contribution < 1.29 is 9.90 Å². The zero-order chi connectivity index (χ0) is 10.6. The van der Waals surface area contributed by atoms with Crippen LogP contribution in [-0.2, 0) is 11.3 Å². The molecule has 1 aromatic heterocycles. The standard InChI is InChI=1S/C8H14N4O2/c1-3-4-6(2)8-9-10-11-12(8)5-7(13)14/h6H,3-5H2,1-2H3,(H,13,14). The second kappa shape index (κ2) is 4.69. The van der Waals surface area contributed by atoms with Crippen LogP contribution in [0.25, 0.3) is 0 Å². The van der Waals surface area contributed by atoms with E-state index in [1.165, 1.54) is 4.68 Å². The Morgan fingerprint density at radius 1 is 1.64 bits per heavy atom. The fourth-order valence-electron chi connectivity index (χ4n) is 1.37. The molecule has 1 unspecified atom stereocenters. The summed E-state index contributed by atoms with van der Waals surface area (Å²) in [5, 5.41) is 19.5. The number of aromatic nitrogens is 4. The molecule has 0 saturated heterocycles. The maximum atomic E-state index is 10.5. The van der Waals surface area contributed by atoms with Gasteiger partial charge in [0.05, 0.1) is 0 Å². The van der Waals surface area contributed by atoms with E-state index in [9.17, 15) is 4.79 Å². The molecule has 78 valence electrons. The van der Waals surface area contributed by atoms with Crippen molar-refractivity contribution in [3.8, 4) is 0 Å². The topological polar surface area (TPSA) is 80.9 Å². The SMILES string of the molecule is CCCC(C)c1nnnn1CC(=O)O. The average molecular weight is 198 g/mol. The molecular formula is C8H14N4O2. The lowest BCUT2D eigenvalue weighted by Gasteiger charge is -2.08. The fourth-order valence-corrected chi connectivity index (χ4v) is 1.37. The maximum Gasteiger partial charge on any atom is 0.325 e. The average Bonchev–Trinajstić information content (AvgIpc) is 2.51. The van der Waals surface area contributed by atoms with Gasteiger partial charge < -0.3 is 5.11 Å². The van der Waals surface area contributed by atoms with E-state index in [0.717, 1.165) is 12.8 Å². The Hall–Kier alpha value is -1.46. The lowest BCUT2D eigenvalue weighted by Crippen LogP contribution is -2.15. The molecule has 0 aliphatic rings. The Morgan fingerprint density at radius 3 is 2.93 bits per heavy atom. The molecule has 0 amide bonds. The summed E-state index contributed by atoms with van der Waals surface area (Å²) >= 11 is 0. The molecule has 1 heterocycles. The number of hydrogen-bond acceptors (Lipinski definition) is 4. The van der Waals surface area contributed by atoms with Crippen LogP contribution in [-0.4, -0.2) is 31.3 Å².